The zero-order valence-corrected chi connectivity index (χ0v) is 19.5. The van der Waals surface area contributed by atoms with Crippen LogP contribution in [0.1, 0.15) is 32.7 Å². The molecule has 2 N–H and O–H groups in total. The summed E-state index contributed by atoms with van der Waals surface area (Å²) in [6, 6.07) is 19.2. The van der Waals surface area contributed by atoms with Crippen molar-refractivity contribution in [2.75, 3.05) is 31.4 Å². The summed E-state index contributed by atoms with van der Waals surface area (Å²) in [5.41, 5.74) is 3.20. The van der Waals surface area contributed by atoms with E-state index in [1.165, 1.54) is 19.1 Å². The lowest BCUT2D eigenvalue weighted by atomic mass is 10.1. The molecule has 3 aromatic carbocycles. The first-order valence-electron chi connectivity index (χ1n) is 11.0. The molecule has 1 aliphatic heterocycles. The van der Waals surface area contributed by atoms with Gasteiger partial charge in [0, 0.05) is 47.5 Å². The Kier molecular flexibility index (Phi) is 6.82. The lowest BCUT2D eigenvalue weighted by Crippen LogP contribution is -2.27. The van der Waals surface area contributed by atoms with E-state index in [9.17, 15) is 14.4 Å². The van der Waals surface area contributed by atoms with Gasteiger partial charge in [0.15, 0.2) is 0 Å². The van der Waals surface area contributed by atoms with Gasteiger partial charge >= 0.3 is 0 Å². The maximum Gasteiger partial charge on any atom is 0.258 e. The second-order valence-corrected chi connectivity index (χ2v) is 7.82. The number of fused-ring (bicyclic) bond motifs is 1. The highest BCUT2D eigenvalue weighted by Crippen LogP contribution is 2.37. The van der Waals surface area contributed by atoms with Crippen LogP contribution < -0.4 is 20.1 Å². The number of hydrogen-bond donors (Lipinski definition) is 2. The zero-order valence-electron chi connectivity index (χ0n) is 19.5. The van der Waals surface area contributed by atoms with E-state index in [-0.39, 0.29) is 30.7 Å². The van der Waals surface area contributed by atoms with Crippen molar-refractivity contribution in [3.8, 4) is 11.5 Å². The van der Waals surface area contributed by atoms with Gasteiger partial charge in [0.1, 0.15) is 11.5 Å². The van der Waals surface area contributed by atoms with Gasteiger partial charge in [0.25, 0.3) is 11.8 Å². The van der Waals surface area contributed by atoms with Crippen LogP contribution in [0.25, 0.3) is 5.70 Å². The van der Waals surface area contributed by atoms with E-state index < -0.39 is 0 Å². The normalized spacial score (nSPS) is 12.2. The number of nitrogens with one attached hydrogen (secondary N) is 2. The van der Waals surface area contributed by atoms with Crippen molar-refractivity contribution in [1.29, 1.82) is 0 Å². The highest BCUT2D eigenvalue weighted by molar-refractivity contribution is 6.09. The van der Waals surface area contributed by atoms with Crippen molar-refractivity contribution < 1.29 is 23.9 Å². The molecule has 0 aliphatic carbocycles. The first-order chi connectivity index (χ1) is 16.9. The molecule has 0 saturated heterocycles. The maximum atomic E-state index is 12.7. The number of ether oxygens (including phenoxy) is 2. The molecule has 3 amide bonds. The van der Waals surface area contributed by atoms with Gasteiger partial charge in [-0.2, -0.15) is 0 Å². The predicted molar refractivity (Wildman–Crippen MR) is 134 cm³/mol. The number of benzene rings is 3. The zero-order chi connectivity index (χ0) is 24.9. The van der Waals surface area contributed by atoms with E-state index in [0.717, 1.165) is 5.56 Å². The summed E-state index contributed by atoms with van der Waals surface area (Å²) in [6.07, 6.45) is 0.0523. The Morgan fingerprint density at radius 2 is 1.43 bits per heavy atom. The summed E-state index contributed by atoms with van der Waals surface area (Å²) in [5, 5.41) is 5.60. The van der Waals surface area contributed by atoms with Crippen molar-refractivity contribution in [2.45, 2.75) is 6.42 Å². The Bertz CT molecular complexity index is 1270. The van der Waals surface area contributed by atoms with Crippen LogP contribution in [0.2, 0.25) is 0 Å². The molecule has 4 rings (SSSR count). The Morgan fingerprint density at radius 3 is 2.03 bits per heavy atom. The summed E-state index contributed by atoms with van der Waals surface area (Å²) in [4.78, 5) is 39.5. The molecule has 0 bridgehead atoms. The third-order valence-corrected chi connectivity index (χ3v) is 5.68. The van der Waals surface area contributed by atoms with Crippen LogP contribution in [-0.2, 0) is 4.79 Å². The van der Waals surface area contributed by atoms with E-state index in [1.54, 1.807) is 48.5 Å². The molecule has 0 spiro atoms. The Balaban J connectivity index is 1.45. The lowest BCUT2D eigenvalue weighted by Gasteiger charge is -2.18. The average molecular weight is 472 g/mol. The van der Waals surface area contributed by atoms with Crippen LogP contribution in [0.4, 0.5) is 11.4 Å². The first kappa shape index (κ1) is 23.6. The molecule has 0 unspecified atom stereocenters. The summed E-state index contributed by atoms with van der Waals surface area (Å²) in [6.45, 7) is 4.18. The molecule has 8 heteroatoms. The second-order valence-electron chi connectivity index (χ2n) is 7.82. The minimum absolute atomic E-state index is 0.0523. The molecule has 178 valence electrons. The van der Waals surface area contributed by atoms with E-state index in [2.05, 4.69) is 17.2 Å². The standard InChI is InChI=1S/C27H25N3O5/c1-17-19-11-7-8-12-20(19)27(33)30(17)14-13-25(31)28-21-15-24(35-3)22(16-23(21)34-2)29-26(32)18-9-5-4-6-10-18/h4-12,15-16H,1,13-14H2,2-3H3,(H,28,31)(H,29,32). The third-order valence-electron chi connectivity index (χ3n) is 5.68. The fourth-order valence-electron chi connectivity index (χ4n) is 3.87. The summed E-state index contributed by atoms with van der Waals surface area (Å²) in [5.74, 6) is -0.0983. The molecular weight excluding hydrogens is 446 g/mol. The van der Waals surface area contributed by atoms with Crippen molar-refractivity contribution in [1.82, 2.24) is 4.90 Å². The Morgan fingerprint density at radius 1 is 0.857 bits per heavy atom. The van der Waals surface area contributed by atoms with E-state index in [4.69, 9.17) is 9.47 Å². The van der Waals surface area contributed by atoms with E-state index in [1.807, 2.05) is 18.2 Å². The second kappa shape index (κ2) is 10.1. The first-order valence-corrected chi connectivity index (χ1v) is 11.0. The summed E-state index contributed by atoms with van der Waals surface area (Å²) in [7, 11) is 2.93. The summed E-state index contributed by atoms with van der Waals surface area (Å²) >= 11 is 0. The van der Waals surface area contributed by atoms with Crippen LogP contribution in [0.15, 0.2) is 73.3 Å². The number of anilines is 2. The van der Waals surface area contributed by atoms with E-state index in [0.29, 0.717) is 39.7 Å². The SMILES string of the molecule is C=C1c2ccccc2C(=O)N1CCC(=O)Nc1cc(OC)c(NC(=O)c2ccccc2)cc1OC. The van der Waals surface area contributed by atoms with Crippen LogP contribution in [0.3, 0.4) is 0 Å². The molecule has 1 heterocycles. The van der Waals surface area contributed by atoms with Crippen molar-refractivity contribution in [2.24, 2.45) is 0 Å². The van der Waals surface area contributed by atoms with Gasteiger partial charge in [-0.05, 0) is 18.2 Å². The monoisotopic (exact) mass is 471 g/mol. The van der Waals surface area contributed by atoms with Crippen LogP contribution in [0, 0.1) is 0 Å². The molecule has 35 heavy (non-hydrogen) atoms. The highest BCUT2D eigenvalue weighted by atomic mass is 16.5. The molecule has 0 saturated carbocycles. The third kappa shape index (κ3) is 4.86. The van der Waals surface area contributed by atoms with Gasteiger partial charge < -0.3 is 25.0 Å². The average Bonchev–Trinajstić information content (AvgIpc) is 3.13. The number of carbonyl (C=O) groups excluding carboxylic acids is 3. The maximum absolute atomic E-state index is 12.7. The van der Waals surface area contributed by atoms with Crippen molar-refractivity contribution in [3.63, 3.8) is 0 Å². The molecule has 0 atom stereocenters. The minimum atomic E-state index is -0.317. The van der Waals surface area contributed by atoms with Gasteiger partial charge in [-0.1, -0.05) is 43.0 Å². The van der Waals surface area contributed by atoms with Gasteiger partial charge in [0.2, 0.25) is 5.91 Å². The molecule has 3 aromatic rings. The van der Waals surface area contributed by atoms with Gasteiger partial charge in [-0.3, -0.25) is 14.4 Å². The number of carbonyl (C=O) groups is 3. The Labute approximate surface area is 203 Å². The van der Waals surface area contributed by atoms with E-state index >= 15 is 0 Å². The fourth-order valence-corrected chi connectivity index (χ4v) is 3.87. The number of nitrogens with zero attached hydrogens (tertiary/aromatic N) is 1. The fraction of sp³-hybridized carbons (Fsp3) is 0.148. The molecule has 0 fully saturated rings. The number of hydrogen-bond acceptors (Lipinski definition) is 5. The quantitative estimate of drug-likeness (QED) is 0.507. The molecular formula is C27H25N3O5. The molecule has 0 radical (unpaired) electrons. The lowest BCUT2D eigenvalue weighted by molar-refractivity contribution is -0.116. The predicted octanol–water partition coefficient (Wildman–Crippen LogP) is 4.41. The van der Waals surface area contributed by atoms with Gasteiger partial charge in [-0.25, -0.2) is 0 Å². The minimum Gasteiger partial charge on any atom is -0.494 e. The Hall–Kier alpha value is -4.59. The smallest absolute Gasteiger partial charge is 0.258 e. The van der Waals surface area contributed by atoms with Crippen LogP contribution >= 0.6 is 0 Å². The van der Waals surface area contributed by atoms with Crippen molar-refractivity contribution in [3.05, 3.63) is 90.0 Å². The van der Waals surface area contributed by atoms with Gasteiger partial charge in [-0.15, -0.1) is 0 Å². The molecule has 8 nitrogen and oxygen atoms in total. The molecule has 0 aromatic heterocycles. The summed E-state index contributed by atoms with van der Waals surface area (Å²) < 4.78 is 10.9. The molecule has 1 aliphatic rings. The van der Waals surface area contributed by atoms with Gasteiger partial charge in [0.05, 0.1) is 25.6 Å². The highest BCUT2D eigenvalue weighted by Gasteiger charge is 2.30. The number of rotatable bonds is 8. The topological polar surface area (TPSA) is 97.0 Å². The number of methoxy groups -OCH3 is 2. The van der Waals surface area contributed by atoms with Crippen LogP contribution in [0.5, 0.6) is 11.5 Å². The largest absolute Gasteiger partial charge is 0.494 e. The van der Waals surface area contributed by atoms with Crippen molar-refractivity contribution >= 4 is 34.8 Å². The van der Waals surface area contributed by atoms with Crippen LogP contribution in [-0.4, -0.2) is 43.4 Å². The number of amides is 3.